The molecule has 0 fully saturated rings. The van der Waals surface area contributed by atoms with Crippen LogP contribution in [-0.4, -0.2) is 26.7 Å². The maximum absolute atomic E-state index is 11.6. The first-order valence-electron chi connectivity index (χ1n) is 6.10. The van der Waals surface area contributed by atoms with Gasteiger partial charge in [0, 0.05) is 18.2 Å². The van der Waals surface area contributed by atoms with E-state index in [1.54, 1.807) is 17.9 Å². The molecule has 8 heteroatoms. The Labute approximate surface area is 135 Å². The summed E-state index contributed by atoms with van der Waals surface area (Å²) in [5.41, 5.74) is 7.43. The van der Waals surface area contributed by atoms with Gasteiger partial charge in [-0.05, 0) is 24.6 Å². The second kappa shape index (κ2) is 9.33. The number of nitrogens with two attached hydrogens (primary N) is 1. The van der Waals surface area contributed by atoms with Gasteiger partial charge in [0.15, 0.2) is 0 Å². The quantitative estimate of drug-likeness (QED) is 0.875. The fraction of sp³-hybridized carbons (Fsp3) is 0.308. The van der Waals surface area contributed by atoms with Crippen LogP contribution in [0.1, 0.15) is 18.9 Å². The van der Waals surface area contributed by atoms with E-state index in [0.717, 1.165) is 11.3 Å². The molecular formula is C13H19Cl2N5O. The zero-order valence-corrected chi connectivity index (χ0v) is 13.2. The van der Waals surface area contributed by atoms with Gasteiger partial charge in [-0.25, -0.2) is 9.67 Å². The minimum absolute atomic E-state index is 0. The number of nitrogens with one attached hydrogen (secondary N) is 1. The van der Waals surface area contributed by atoms with Crippen LogP contribution < -0.4 is 11.1 Å². The standard InChI is InChI=1S/C13H17N5O.2ClH/c1-10(14)6-13(19)17-12-4-2-11(3-5-12)7-18-9-15-8-16-18;;/h2-5,8-10H,6-7,14H2,1H3,(H,17,19);2*1H. The Kier molecular flexibility index (Phi) is 8.61. The van der Waals surface area contributed by atoms with Crippen molar-refractivity contribution in [1.82, 2.24) is 14.8 Å². The molecule has 0 radical (unpaired) electrons. The molecule has 0 saturated heterocycles. The maximum Gasteiger partial charge on any atom is 0.225 e. The van der Waals surface area contributed by atoms with Crippen molar-refractivity contribution in [3.63, 3.8) is 0 Å². The van der Waals surface area contributed by atoms with Crippen molar-refractivity contribution in [2.24, 2.45) is 5.73 Å². The van der Waals surface area contributed by atoms with Gasteiger partial charge in [-0.2, -0.15) is 5.10 Å². The normalized spacial score (nSPS) is 11.0. The molecule has 0 aliphatic heterocycles. The number of hydrogen-bond donors (Lipinski definition) is 2. The van der Waals surface area contributed by atoms with E-state index in [-0.39, 0.29) is 36.8 Å². The number of amides is 1. The van der Waals surface area contributed by atoms with E-state index in [2.05, 4.69) is 15.4 Å². The van der Waals surface area contributed by atoms with Crippen LogP contribution in [0.15, 0.2) is 36.9 Å². The minimum Gasteiger partial charge on any atom is -0.327 e. The van der Waals surface area contributed by atoms with Crippen LogP contribution in [0.3, 0.4) is 0 Å². The average molecular weight is 332 g/mol. The molecule has 1 aromatic carbocycles. The Morgan fingerprint density at radius 3 is 2.52 bits per heavy atom. The number of rotatable bonds is 5. The van der Waals surface area contributed by atoms with Crippen LogP contribution in [-0.2, 0) is 11.3 Å². The number of carbonyl (C=O) groups is 1. The van der Waals surface area contributed by atoms with Gasteiger partial charge < -0.3 is 11.1 Å². The second-order valence-corrected chi connectivity index (χ2v) is 4.52. The van der Waals surface area contributed by atoms with Crippen molar-refractivity contribution >= 4 is 36.4 Å². The van der Waals surface area contributed by atoms with Gasteiger partial charge in [-0.15, -0.1) is 24.8 Å². The number of hydrogen-bond acceptors (Lipinski definition) is 4. The van der Waals surface area contributed by atoms with Gasteiger partial charge in [0.1, 0.15) is 12.7 Å². The van der Waals surface area contributed by atoms with Crippen LogP contribution in [0.5, 0.6) is 0 Å². The summed E-state index contributed by atoms with van der Waals surface area (Å²) in [6.07, 6.45) is 3.49. The summed E-state index contributed by atoms with van der Waals surface area (Å²) in [5, 5.41) is 6.84. The van der Waals surface area contributed by atoms with Crippen LogP contribution in [0.25, 0.3) is 0 Å². The third kappa shape index (κ3) is 6.57. The molecule has 6 nitrogen and oxygen atoms in total. The smallest absolute Gasteiger partial charge is 0.225 e. The Hall–Kier alpha value is -1.63. The summed E-state index contributed by atoms with van der Waals surface area (Å²) in [4.78, 5) is 15.4. The third-order valence-electron chi connectivity index (χ3n) is 2.56. The monoisotopic (exact) mass is 331 g/mol. The Bertz CT molecular complexity index is 528. The molecule has 0 aliphatic rings. The fourth-order valence-corrected chi connectivity index (χ4v) is 1.70. The Morgan fingerprint density at radius 1 is 1.33 bits per heavy atom. The predicted molar refractivity (Wildman–Crippen MR) is 87.0 cm³/mol. The molecule has 2 aromatic rings. The minimum atomic E-state index is -0.133. The Balaban J connectivity index is 0.00000200. The molecule has 2 rings (SSSR count). The largest absolute Gasteiger partial charge is 0.327 e. The van der Waals surface area contributed by atoms with E-state index < -0.39 is 0 Å². The van der Waals surface area contributed by atoms with E-state index in [0.29, 0.717) is 13.0 Å². The van der Waals surface area contributed by atoms with Crippen LogP contribution in [0.2, 0.25) is 0 Å². The van der Waals surface area contributed by atoms with Gasteiger partial charge in [0.25, 0.3) is 0 Å². The molecule has 1 heterocycles. The third-order valence-corrected chi connectivity index (χ3v) is 2.56. The number of benzene rings is 1. The molecule has 1 aromatic heterocycles. The number of anilines is 1. The lowest BCUT2D eigenvalue weighted by Crippen LogP contribution is -2.23. The number of aromatic nitrogens is 3. The molecule has 1 unspecified atom stereocenters. The highest BCUT2D eigenvalue weighted by Crippen LogP contribution is 2.11. The predicted octanol–water partition coefficient (Wildman–Crippen LogP) is 1.85. The lowest BCUT2D eigenvalue weighted by atomic mass is 10.2. The Morgan fingerprint density at radius 2 is 2.00 bits per heavy atom. The van der Waals surface area contributed by atoms with Crippen molar-refractivity contribution in [1.29, 1.82) is 0 Å². The highest BCUT2D eigenvalue weighted by atomic mass is 35.5. The lowest BCUT2D eigenvalue weighted by molar-refractivity contribution is -0.116. The summed E-state index contributed by atoms with van der Waals surface area (Å²) < 4.78 is 1.74. The number of nitrogens with zero attached hydrogens (tertiary/aromatic N) is 3. The molecule has 1 atom stereocenters. The molecule has 0 aliphatic carbocycles. The highest BCUT2D eigenvalue weighted by molar-refractivity contribution is 5.91. The van der Waals surface area contributed by atoms with Gasteiger partial charge in [-0.1, -0.05) is 12.1 Å². The van der Waals surface area contributed by atoms with Crippen molar-refractivity contribution in [2.75, 3.05) is 5.32 Å². The summed E-state index contributed by atoms with van der Waals surface area (Å²) >= 11 is 0. The van der Waals surface area contributed by atoms with E-state index in [4.69, 9.17) is 5.73 Å². The molecule has 0 spiro atoms. The molecule has 21 heavy (non-hydrogen) atoms. The fourth-order valence-electron chi connectivity index (χ4n) is 1.70. The summed E-state index contributed by atoms with van der Waals surface area (Å²) in [5.74, 6) is -0.0703. The van der Waals surface area contributed by atoms with Gasteiger partial charge in [0.05, 0.1) is 6.54 Å². The number of halogens is 2. The molecule has 1 amide bonds. The molecule has 116 valence electrons. The molecule has 0 saturated carbocycles. The molecular weight excluding hydrogens is 313 g/mol. The SMILES string of the molecule is CC(N)CC(=O)Nc1ccc(Cn2cncn2)cc1.Cl.Cl. The van der Waals surface area contributed by atoms with Crippen LogP contribution >= 0.6 is 24.8 Å². The molecule has 3 N–H and O–H groups in total. The van der Waals surface area contributed by atoms with E-state index >= 15 is 0 Å². The lowest BCUT2D eigenvalue weighted by Gasteiger charge is -2.08. The van der Waals surface area contributed by atoms with Crippen molar-refractivity contribution in [3.8, 4) is 0 Å². The van der Waals surface area contributed by atoms with Crippen LogP contribution in [0.4, 0.5) is 5.69 Å². The molecule has 0 bridgehead atoms. The van der Waals surface area contributed by atoms with Crippen molar-refractivity contribution < 1.29 is 4.79 Å². The van der Waals surface area contributed by atoms with E-state index in [9.17, 15) is 4.79 Å². The first-order chi connectivity index (χ1) is 9.13. The summed E-state index contributed by atoms with van der Waals surface area (Å²) in [6, 6.07) is 7.50. The van der Waals surface area contributed by atoms with E-state index in [1.165, 1.54) is 6.33 Å². The zero-order chi connectivity index (χ0) is 13.7. The summed E-state index contributed by atoms with van der Waals surface area (Å²) in [7, 11) is 0. The van der Waals surface area contributed by atoms with Crippen molar-refractivity contribution in [2.45, 2.75) is 25.9 Å². The highest BCUT2D eigenvalue weighted by Gasteiger charge is 2.05. The van der Waals surface area contributed by atoms with Gasteiger partial charge in [0.2, 0.25) is 5.91 Å². The maximum atomic E-state index is 11.6. The van der Waals surface area contributed by atoms with E-state index in [1.807, 2.05) is 24.3 Å². The summed E-state index contributed by atoms with van der Waals surface area (Å²) in [6.45, 7) is 2.47. The van der Waals surface area contributed by atoms with Gasteiger partial charge in [-0.3, -0.25) is 4.79 Å². The van der Waals surface area contributed by atoms with Crippen LogP contribution in [0, 0.1) is 0 Å². The average Bonchev–Trinajstić information content (AvgIpc) is 2.83. The topological polar surface area (TPSA) is 85.8 Å². The number of carbonyl (C=O) groups excluding carboxylic acids is 1. The first-order valence-corrected chi connectivity index (χ1v) is 6.10. The second-order valence-electron chi connectivity index (χ2n) is 4.52. The zero-order valence-electron chi connectivity index (χ0n) is 11.6. The van der Waals surface area contributed by atoms with Crippen molar-refractivity contribution in [3.05, 3.63) is 42.5 Å². The van der Waals surface area contributed by atoms with Gasteiger partial charge >= 0.3 is 0 Å². The first kappa shape index (κ1) is 19.4.